The molecule has 0 unspecified atom stereocenters. The molecule has 2 N–H and O–H groups in total. The quantitative estimate of drug-likeness (QED) is 0.651. The Morgan fingerprint density at radius 3 is 2.54 bits per heavy atom. The monoisotopic (exact) mass is 377 g/mol. The molecule has 0 aliphatic rings. The van der Waals surface area contributed by atoms with Crippen molar-refractivity contribution in [2.45, 2.75) is 13.8 Å². The fourth-order valence-electron chi connectivity index (χ4n) is 2.76. The van der Waals surface area contributed by atoms with Gasteiger partial charge in [0.1, 0.15) is 17.2 Å². The van der Waals surface area contributed by atoms with Crippen molar-refractivity contribution in [1.29, 1.82) is 0 Å². The fraction of sp³-hybridized carbons (Fsp3) is 0.182. The van der Waals surface area contributed by atoms with Crippen molar-refractivity contribution in [3.8, 4) is 11.5 Å². The van der Waals surface area contributed by atoms with Crippen molar-refractivity contribution < 1.29 is 14.3 Å². The molecular formula is C22H23N3O3. The second-order valence-corrected chi connectivity index (χ2v) is 6.32. The summed E-state index contributed by atoms with van der Waals surface area (Å²) in [5.41, 5.74) is 4.98. The van der Waals surface area contributed by atoms with Gasteiger partial charge in [0.15, 0.2) is 0 Å². The van der Waals surface area contributed by atoms with Crippen LogP contribution in [0.5, 0.6) is 11.5 Å². The Balaban J connectivity index is 1.80. The van der Waals surface area contributed by atoms with Crippen molar-refractivity contribution >= 4 is 23.0 Å². The number of hydrogen-bond donors (Lipinski definition) is 2. The summed E-state index contributed by atoms with van der Waals surface area (Å²) in [7, 11) is 3.11. The number of aryl methyl sites for hydroxylation is 1. The number of anilines is 3. The van der Waals surface area contributed by atoms with Crippen LogP contribution < -0.4 is 20.1 Å². The number of amides is 1. The summed E-state index contributed by atoms with van der Waals surface area (Å²) < 4.78 is 10.5. The summed E-state index contributed by atoms with van der Waals surface area (Å²) in [5, 5.41) is 6.18. The van der Waals surface area contributed by atoms with Crippen LogP contribution in [0.15, 0.2) is 54.7 Å². The topological polar surface area (TPSA) is 72.5 Å². The smallest absolute Gasteiger partial charge is 0.274 e. The van der Waals surface area contributed by atoms with Crippen LogP contribution in [0.2, 0.25) is 0 Å². The molecule has 144 valence electrons. The van der Waals surface area contributed by atoms with E-state index in [2.05, 4.69) is 35.5 Å². The van der Waals surface area contributed by atoms with E-state index in [0.29, 0.717) is 22.9 Å². The SMILES string of the molecule is COc1ccc(NC(=O)c2cc(Nc3cccc(C)c3C)ccn2)c(OC)c1. The summed E-state index contributed by atoms with van der Waals surface area (Å²) in [5.74, 6) is 0.832. The largest absolute Gasteiger partial charge is 0.497 e. The van der Waals surface area contributed by atoms with E-state index in [0.717, 1.165) is 16.9 Å². The first-order valence-electron chi connectivity index (χ1n) is 8.84. The third-order valence-electron chi connectivity index (χ3n) is 4.53. The van der Waals surface area contributed by atoms with Crippen molar-refractivity contribution in [2.24, 2.45) is 0 Å². The summed E-state index contributed by atoms with van der Waals surface area (Å²) in [4.78, 5) is 16.9. The maximum atomic E-state index is 12.7. The molecule has 0 saturated heterocycles. The van der Waals surface area contributed by atoms with E-state index < -0.39 is 0 Å². The predicted octanol–water partition coefficient (Wildman–Crippen LogP) is 4.71. The molecular weight excluding hydrogens is 354 g/mol. The predicted molar refractivity (Wildman–Crippen MR) is 111 cm³/mol. The van der Waals surface area contributed by atoms with E-state index in [-0.39, 0.29) is 5.91 Å². The number of pyridine rings is 1. The summed E-state index contributed by atoms with van der Waals surface area (Å²) in [6.07, 6.45) is 1.60. The minimum atomic E-state index is -0.326. The normalized spacial score (nSPS) is 10.3. The minimum absolute atomic E-state index is 0.299. The number of methoxy groups -OCH3 is 2. The molecule has 6 heteroatoms. The van der Waals surface area contributed by atoms with Gasteiger partial charge in [-0.1, -0.05) is 12.1 Å². The molecule has 0 radical (unpaired) electrons. The van der Waals surface area contributed by atoms with Gasteiger partial charge >= 0.3 is 0 Å². The van der Waals surface area contributed by atoms with Gasteiger partial charge in [-0.2, -0.15) is 0 Å². The minimum Gasteiger partial charge on any atom is -0.497 e. The number of aromatic nitrogens is 1. The Morgan fingerprint density at radius 1 is 0.964 bits per heavy atom. The zero-order valence-electron chi connectivity index (χ0n) is 16.4. The molecule has 6 nitrogen and oxygen atoms in total. The molecule has 0 atom stereocenters. The highest BCUT2D eigenvalue weighted by atomic mass is 16.5. The molecule has 0 bridgehead atoms. The lowest BCUT2D eigenvalue weighted by Gasteiger charge is -2.13. The molecule has 0 saturated carbocycles. The van der Waals surface area contributed by atoms with Crippen molar-refractivity contribution in [3.63, 3.8) is 0 Å². The van der Waals surface area contributed by atoms with E-state index >= 15 is 0 Å². The number of nitrogens with zero attached hydrogens (tertiary/aromatic N) is 1. The van der Waals surface area contributed by atoms with E-state index in [1.165, 1.54) is 12.7 Å². The van der Waals surface area contributed by atoms with Gasteiger partial charge in [-0.3, -0.25) is 9.78 Å². The molecule has 0 fully saturated rings. The van der Waals surface area contributed by atoms with Gasteiger partial charge in [0.25, 0.3) is 5.91 Å². The highest BCUT2D eigenvalue weighted by Gasteiger charge is 2.13. The zero-order chi connectivity index (χ0) is 20.1. The number of ether oxygens (including phenoxy) is 2. The van der Waals surface area contributed by atoms with E-state index in [1.54, 1.807) is 37.6 Å². The van der Waals surface area contributed by atoms with Gasteiger partial charge in [-0.25, -0.2) is 0 Å². The third-order valence-corrected chi connectivity index (χ3v) is 4.53. The standard InChI is InChI=1S/C22H23N3O3/c1-14-6-5-7-18(15(14)2)24-16-10-11-23-20(12-16)22(26)25-19-9-8-17(27-3)13-21(19)28-4/h5-13H,1-4H3,(H,23,24)(H,25,26). The summed E-state index contributed by atoms with van der Waals surface area (Å²) >= 11 is 0. The Morgan fingerprint density at radius 2 is 1.79 bits per heavy atom. The van der Waals surface area contributed by atoms with Gasteiger partial charge in [0.2, 0.25) is 0 Å². The molecule has 1 aromatic heterocycles. The fourth-order valence-corrected chi connectivity index (χ4v) is 2.76. The third kappa shape index (κ3) is 4.23. The summed E-state index contributed by atoms with van der Waals surface area (Å²) in [6, 6.07) is 14.8. The molecule has 3 rings (SSSR count). The highest BCUT2D eigenvalue weighted by molar-refractivity contribution is 6.04. The maximum absolute atomic E-state index is 12.7. The average molecular weight is 377 g/mol. The molecule has 2 aromatic carbocycles. The van der Waals surface area contributed by atoms with Gasteiger partial charge in [0.05, 0.1) is 19.9 Å². The Hall–Kier alpha value is -3.54. The molecule has 0 spiro atoms. The van der Waals surface area contributed by atoms with Gasteiger partial charge in [-0.05, 0) is 55.3 Å². The molecule has 1 amide bonds. The Bertz CT molecular complexity index is 1000. The molecule has 0 aliphatic carbocycles. The van der Waals surface area contributed by atoms with Gasteiger partial charge in [-0.15, -0.1) is 0 Å². The van der Waals surface area contributed by atoms with Crippen LogP contribution in [-0.2, 0) is 0 Å². The van der Waals surface area contributed by atoms with E-state index in [1.807, 2.05) is 18.2 Å². The van der Waals surface area contributed by atoms with Crippen molar-refractivity contribution in [1.82, 2.24) is 4.98 Å². The van der Waals surface area contributed by atoms with Crippen LogP contribution in [0.1, 0.15) is 21.6 Å². The molecule has 1 heterocycles. The number of carbonyl (C=O) groups excluding carboxylic acids is 1. The first-order valence-corrected chi connectivity index (χ1v) is 8.84. The lowest BCUT2D eigenvalue weighted by atomic mass is 10.1. The molecule has 0 aliphatic heterocycles. The second-order valence-electron chi connectivity index (χ2n) is 6.32. The Labute approximate surface area is 164 Å². The van der Waals surface area contributed by atoms with Crippen molar-refractivity contribution in [2.75, 3.05) is 24.9 Å². The van der Waals surface area contributed by atoms with Crippen LogP contribution in [0.4, 0.5) is 17.1 Å². The first-order chi connectivity index (χ1) is 13.5. The molecule has 3 aromatic rings. The van der Waals surface area contributed by atoms with Crippen LogP contribution in [-0.4, -0.2) is 25.1 Å². The maximum Gasteiger partial charge on any atom is 0.274 e. The summed E-state index contributed by atoms with van der Waals surface area (Å²) in [6.45, 7) is 4.12. The first kappa shape index (κ1) is 19.2. The van der Waals surface area contributed by atoms with Gasteiger partial charge in [0, 0.05) is 23.6 Å². The number of hydrogen-bond acceptors (Lipinski definition) is 5. The van der Waals surface area contributed by atoms with Gasteiger partial charge < -0.3 is 20.1 Å². The van der Waals surface area contributed by atoms with E-state index in [4.69, 9.17) is 9.47 Å². The van der Waals surface area contributed by atoms with Crippen LogP contribution in [0.3, 0.4) is 0 Å². The lowest BCUT2D eigenvalue weighted by molar-refractivity contribution is 0.102. The second kappa shape index (κ2) is 8.43. The highest BCUT2D eigenvalue weighted by Crippen LogP contribution is 2.29. The van der Waals surface area contributed by atoms with Crippen LogP contribution >= 0.6 is 0 Å². The number of benzene rings is 2. The Kier molecular flexibility index (Phi) is 5.79. The molecule has 28 heavy (non-hydrogen) atoms. The zero-order valence-corrected chi connectivity index (χ0v) is 16.4. The number of nitrogens with one attached hydrogen (secondary N) is 2. The number of rotatable bonds is 6. The number of carbonyl (C=O) groups is 1. The van der Waals surface area contributed by atoms with Crippen molar-refractivity contribution in [3.05, 3.63) is 71.5 Å². The van der Waals surface area contributed by atoms with Crippen LogP contribution in [0, 0.1) is 13.8 Å². The average Bonchev–Trinajstić information content (AvgIpc) is 2.72. The lowest BCUT2D eigenvalue weighted by Crippen LogP contribution is -2.14. The van der Waals surface area contributed by atoms with Crippen LogP contribution in [0.25, 0.3) is 0 Å². The van der Waals surface area contributed by atoms with E-state index in [9.17, 15) is 4.79 Å².